The fraction of sp³-hybridized carbons (Fsp3) is 0.452. The zero-order valence-electron chi connectivity index (χ0n) is 22.4. The highest BCUT2D eigenvalue weighted by atomic mass is 16.2. The number of H-pyrrole nitrogens is 1. The van der Waals surface area contributed by atoms with Crippen molar-refractivity contribution in [2.75, 3.05) is 13.1 Å². The number of carbonyl (C=O) groups is 3. The van der Waals surface area contributed by atoms with Gasteiger partial charge in [-0.05, 0) is 62.8 Å². The number of Topliss-reactive ketones (excluding diaryl/α,β-unsaturated/α-hetero) is 1. The van der Waals surface area contributed by atoms with Gasteiger partial charge in [0, 0.05) is 29.6 Å². The van der Waals surface area contributed by atoms with E-state index >= 15 is 0 Å². The average Bonchev–Trinajstić information content (AvgIpc) is 3.31. The summed E-state index contributed by atoms with van der Waals surface area (Å²) in [6.45, 7) is 2.90. The molecule has 38 heavy (non-hydrogen) atoms. The zero-order valence-corrected chi connectivity index (χ0v) is 22.4. The van der Waals surface area contributed by atoms with Crippen LogP contribution in [0.2, 0.25) is 0 Å². The van der Waals surface area contributed by atoms with Crippen molar-refractivity contribution in [3.63, 3.8) is 0 Å². The summed E-state index contributed by atoms with van der Waals surface area (Å²) in [6.07, 6.45) is 7.12. The molecule has 7 nitrogen and oxygen atoms in total. The molecular weight excluding hydrogens is 476 g/mol. The van der Waals surface area contributed by atoms with Gasteiger partial charge >= 0.3 is 0 Å². The molecule has 0 aliphatic carbocycles. The van der Waals surface area contributed by atoms with E-state index in [-0.39, 0.29) is 23.6 Å². The van der Waals surface area contributed by atoms with Gasteiger partial charge in [0.15, 0.2) is 0 Å². The topological polar surface area (TPSA) is 103 Å². The Labute approximate surface area is 225 Å². The molecule has 1 saturated heterocycles. The molecule has 0 saturated carbocycles. The lowest BCUT2D eigenvalue weighted by molar-refractivity contribution is -0.130. The van der Waals surface area contributed by atoms with Crippen LogP contribution in [-0.2, 0) is 20.8 Å². The normalized spacial score (nSPS) is 16.2. The molecule has 202 valence electrons. The third-order valence-electron chi connectivity index (χ3n) is 7.33. The van der Waals surface area contributed by atoms with Gasteiger partial charge in [-0.1, -0.05) is 67.8 Å². The fourth-order valence-corrected chi connectivity index (χ4v) is 5.26. The first kappa shape index (κ1) is 27.6. The second-order valence-corrected chi connectivity index (χ2v) is 10.3. The molecule has 0 radical (unpaired) electrons. The Kier molecular flexibility index (Phi) is 10.1. The number of piperidine rings is 1. The number of benzene rings is 2. The Hall–Kier alpha value is -3.45. The molecule has 1 aliphatic rings. The maximum Gasteiger partial charge on any atom is 0.242 e. The summed E-state index contributed by atoms with van der Waals surface area (Å²) in [7, 11) is 0. The lowest BCUT2D eigenvalue weighted by Gasteiger charge is -2.25. The molecular formula is C31H40N4O3. The minimum atomic E-state index is -0.583. The number of unbranched alkanes of at least 4 members (excludes halogenated alkanes) is 2. The summed E-state index contributed by atoms with van der Waals surface area (Å²) in [5, 5.41) is 10.5. The van der Waals surface area contributed by atoms with Crippen molar-refractivity contribution >= 4 is 28.5 Å². The molecule has 0 bridgehead atoms. The number of nitrogens with one attached hydrogen (secondary N) is 4. The Balaban J connectivity index is 1.40. The van der Waals surface area contributed by atoms with Crippen LogP contribution in [-0.4, -0.2) is 47.8 Å². The Morgan fingerprint density at radius 2 is 1.76 bits per heavy atom. The van der Waals surface area contributed by atoms with Crippen molar-refractivity contribution in [2.24, 2.45) is 0 Å². The standard InChI is InChI=1S/C31H40N4O3/c1-22(36)12-4-2-7-18-28(35-31(38)27-17-10-11-20-32-27)30(37)33-21-19-25-24-15-8-9-16-26(24)34-29(25)23-13-5-3-6-14-23/h3,5-6,8-9,13-16,27-28,32,34H,2,4,7,10-12,17-21H2,1H3,(H,33,37)(H,35,38)/t27-,28+/m1/s1. The van der Waals surface area contributed by atoms with Crippen molar-refractivity contribution in [1.82, 2.24) is 20.9 Å². The number of fused-ring (bicyclic) bond motifs is 1. The molecule has 7 heteroatoms. The molecule has 2 amide bonds. The highest BCUT2D eigenvalue weighted by Gasteiger charge is 2.26. The third kappa shape index (κ3) is 7.54. The molecule has 0 unspecified atom stereocenters. The monoisotopic (exact) mass is 516 g/mol. The van der Waals surface area contributed by atoms with Crippen LogP contribution in [0.15, 0.2) is 54.6 Å². The van der Waals surface area contributed by atoms with E-state index in [1.807, 2.05) is 30.3 Å². The smallest absolute Gasteiger partial charge is 0.242 e. The molecule has 4 rings (SSSR count). The van der Waals surface area contributed by atoms with Crippen LogP contribution in [0.5, 0.6) is 0 Å². The van der Waals surface area contributed by atoms with Crippen molar-refractivity contribution < 1.29 is 14.4 Å². The van der Waals surface area contributed by atoms with Crippen molar-refractivity contribution in [3.05, 3.63) is 60.2 Å². The van der Waals surface area contributed by atoms with Crippen LogP contribution < -0.4 is 16.0 Å². The predicted octanol–water partition coefficient (Wildman–Crippen LogP) is 4.66. The molecule has 3 aromatic rings. The quantitative estimate of drug-likeness (QED) is 0.248. The average molecular weight is 517 g/mol. The number of para-hydroxylation sites is 1. The Bertz CT molecular complexity index is 1210. The molecule has 1 fully saturated rings. The van der Waals surface area contributed by atoms with Gasteiger partial charge in [-0.25, -0.2) is 0 Å². The summed E-state index contributed by atoms with van der Waals surface area (Å²) in [6, 6.07) is 17.6. The number of hydrogen-bond acceptors (Lipinski definition) is 4. The summed E-state index contributed by atoms with van der Waals surface area (Å²) in [5.74, 6) is -0.0680. The largest absolute Gasteiger partial charge is 0.354 e. The number of aromatic amines is 1. The van der Waals surface area contributed by atoms with Gasteiger partial charge in [-0.2, -0.15) is 0 Å². The number of rotatable bonds is 13. The van der Waals surface area contributed by atoms with Crippen LogP contribution >= 0.6 is 0 Å². The van der Waals surface area contributed by atoms with Gasteiger partial charge in [0.05, 0.1) is 6.04 Å². The first-order valence-corrected chi connectivity index (χ1v) is 14.0. The van der Waals surface area contributed by atoms with Crippen molar-refractivity contribution in [3.8, 4) is 11.3 Å². The van der Waals surface area contributed by atoms with Gasteiger partial charge in [-0.15, -0.1) is 0 Å². The lowest BCUT2D eigenvalue weighted by Crippen LogP contribution is -2.53. The van der Waals surface area contributed by atoms with E-state index in [4.69, 9.17) is 0 Å². The van der Waals surface area contributed by atoms with E-state index in [0.29, 0.717) is 25.8 Å². The van der Waals surface area contributed by atoms with E-state index in [9.17, 15) is 14.4 Å². The predicted molar refractivity (Wildman–Crippen MR) is 152 cm³/mol. The molecule has 0 spiro atoms. The van der Waals surface area contributed by atoms with Crippen molar-refractivity contribution in [1.29, 1.82) is 0 Å². The molecule has 1 aliphatic heterocycles. The minimum absolute atomic E-state index is 0.100. The number of carbonyl (C=O) groups excluding carboxylic acids is 3. The summed E-state index contributed by atoms with van der Waals surface area (Å²) in [4.78, 5) is 41.0. The summed E-state index contributed by atoms with van der Waals surface area (Å²) in [5.41, 5.74) is 4.42. The van der Waals surface area contributed by atoms with Crippen molar-refractivity contribution in [2.45, 2.75) is 76.8 Å². The molecule has 2 heterocycles. The van der Waals surface area contributed by atoms with Crippen LogP contribution in [0.25, 0.3) is 22.2 Å². The number of hydrogen-bond donors (Lipinski definition) is 4. The molecule has 2 atom stereocenters. The molecule has 4 N–H and O–H groups in total. The summed E-state index contributed by atoms with van der Waals surface area (Å²) < 4.78 is 0. The number of ketones is 1. The van der Waals surface area contributed by atoms with Gasteiger partial charge < -0.3 is 25.7 Å². The fourth-order valence-electron chi connectivity index (χ4n) is 5.26. The minimum Gasteiger partial charge on any atom is -0.354 e. The van der Waals surface area contributed by atoms with E-state index < -0.39 is 6.04 Å². The van der Waals surface area contributed by atoms with Gasteiger partial charge in [-0.3, -0.25) is 9.59 Å². The van der Waals surface area contributed by atoms with E-state index in [1.54, 1.807) is 6.92 Å². The van der Waals surface area contributed by atoms with Crippen LogP contribution in [0.3, 0.4) is 0 Å². The first-order chi connectivity index (χ1) is 18.5. The second-order valence-electron chi connectivity index (χ2n) is 10.3. The maximum absolute atomic E-state index is 13.3. The molecule has 2 aromatic carbocycles. The Morgan fingerprint density at radius 1 is 0.974 bits per heavy atom. The van der Waals surface area contributed by atoms with E-state index in [0.717, 1.165) is 67.2 Å². The van der Waals surface area contributed by atoms with Gasteiger partial charge in [0.1, 0.15) is 11.8 Å². The highest BCUT2D eigenvalue weighted by Crippen LogP contribution is 2.30. The van der Waals surface area contributed by atoms with Crippen LogP contribution in [0.1, 0.15) is 63.9 Å². The Morgan fingerprint density at radius 3 is 2.53 bits per heavy atom. The van der Waals surface area contributed by atoms with E-state index in [2.05, 4.69) is 45.2 Å². The maximum atomic E-state index is 13.3. The zero-order chi connectivity index (χ0) is 26.7. The van der Waals surface area contributed by atoms with Gasteiger partial charge in [0.25, 0.3) is 0 Å². The highest BCUT2D eigenvalue weighted by molar-refractivity contribution is 5.91. The summed E-state index contributed by atoms with van der Waals surface area (Å²) >= 11 is 0. The lowest BCUT2D eigenvalue weighted by atomic mass is 10.0. The SMILES string of the molecule is CC(=O)CCCCC[C@H](NC(=O)[C@H]1CCCCN1)C(=O)NCCc1c(-c2ccccc2)[nH]c2ccccc12. The second kappa shape index (κ2) is 13.9. The third-order valence-corrected chi connectivity index (χ3v) is 7.33. The number of aromatic nitrogens is 1. The van der Waals surface area contributed by atoms with Crippen LogP contribution in [0, 0.1) is 0 Å². The molecule has 1 aromatic heterocycles. The number of amides is 2. The van der Waals surface area contributed by atoms with Crippen LogP contribution in [0.4, 0.5) is 0 Å². The first-order valence-electron chi connectivity index (χ1n) is 14.0. The van der Waals surface area contributed by atoms with Gasteiger partial charge in [0.2, 0.25) is 11.8 Å². The van der Waals surface area contributed by atoms with E-state index in [1.165, 1.54) is 5.56 Å².